The van der Waals surface area contributed by atoms with Gasteiger partial charge in [0.2, 0.25) is 5.60 Å². The summed E-state index contributed by atoms with van der Waals surface area (Å²) < 4.78 is 10.7. The lowest BCUT2D eigenvalue weighted by molar-refractivity contribution is -0.130. The molecule has 17 heavy (non-hydrogen) atoms. The van der Waals surface area contributed by atoms with Crippen LogP contribution >= 0.6 is 0 Å². The first-order chi connectivity index (χ1) is 8.14. The zero-order chi connectivity index (χ0) is 12.0. The summed E-state index contributed by atoms with van der Waals surface area (Å²) in [6.07, 6.45) is 0.970. The maximum atomic E-state index is 11.8. The van der Waals surface area contributed by atoms with Crippen molar-refractivity contribution in [3.8, 4) is 5.75 Å². The number of nitrogens with zero attached hydrogens (tertiary/aromatic N) is 1. The standard InChI is InChI=1S/C12H12N2O3/c1-16-9-4-2-3-7-5-12(6-8(7)9)10(15)14-11(13)17-12/h2-4H,5-6H2,1H3,(H2,13,14,15). The van der Waals surface area contributed by atoms with Crippen molar-refractivity contribution < 1.29 is 14.3 Å². The highest BCUT2D eigenvalue weighted by Crippen LogP contribution is 2.40. The van der Waals surface area contributed by atoms with Crippen LogP contribution in [0.25, 0.3) is 0 Å². The van der Waals surface area contributed by atoms with Gasteiger partial charge in [-0.05, 0) is 11.6 Å². The first kappa shape index (κ1) is 10.1. The third-order valence-corrected chi connectivity index (χ3v) is 3.29. The van der Waals surface area contributed by atoms with Gasteiger partial charge in [-0.15, -0.1) is 0 Å². The van der Waals surface area contributed by atoms with Crippen LogP contribution < -0.4 is 10.5 Å². The number of rotatable bonds is 1. The fraction of sp³-hybridized carbons (Fsp3) is 0.333. The Morgan fingerprint density at radius 2 is 2.29 bits per heavy atom. The Balaban J connectivity index is 2.01. The van der Waals surface area contributed by atoms with E-state index in [9.17, 15) is 4.79 Å². The molecule has 0 bridgehead atoms. The topological polar surface area (TPSA) is 73.9 Å². The van der Waals surface area contributed by atoms with Gasteiger partial charge in [-0.25, -0.2) is 0 Å². The fourth-order valence-electron chi connectivity index (χ4n) is 2.52. The molecule has 5 nitrogen and oxygen atoms in total. The first-order valence-corrected chi connectivity index (χ1v) is 5.37. The number of amidine groups is 1. The minimum atomic E-state index is -0.930. The molecule has 0 radical (unpaired) electrons. The van der Waals surface area contributed by atoms with Crippen LogP contribution in [-0.2, 0) is 22.4 Å². The van der Waals surface area contributed by atoms with Crippen molar-refractivity contribution in [3.63, 3.8) is 0 Å². The summed E-state index contributed by atoms with van der Waals surface area (Å²) in [5, 5.41) is 0. The van der Waals surface area contributed by atoms with E-state index >= 15 is 0 Å². The molecule has 1 aromatic rings. The van der Waals surface area contributed by atoms with Gasteiger partial charge in [0.05, 0.1) is 7.11 Å². The van der Waals surface area contributed by atoms with Crippen LogP contribution in [0.15, 0.2) is 23.2 Å². The maximum Gasteiger partial charge on any atom is 0.295 e. The number of carbonyl (C=O) groups is 1. The molecule has 1 aliphatic heterocycles. The van der Waals surface area contributed by atoms with Gasteiger partial charge in [0, 0.05) is 18.4 Å². The molecule has 5 heteroatoms. The van der Waals surface area contributed by atoms with Crippen molar-refractivity contribution >= 4 is 11.9 Å². The summed E-state index contributed by atoms with van der Waals surface area (Å²) in [4.78, 5) is 15.5. The van der Waals surface area contributed by atoms with Gasteiger partial charge in [-0.3, -0.25) is 4.79 Å². The van der Waals surface area contributed by atoms with E-state index in [4.69, 9.17) is 15.2 Å². The zero-order valence-corrected chi connectivity index (χ0v) is 9.40. The third-order valence-electron chi connectivity index (χ3n) is 3.29. The highest BCUT2D eigenvalue weighted by Gasteiger charge is 2.51. The molecule has 1 spiro atoms. The average Bonchev–Trinajstić information content (AvgIpc) is 2.79. The molecule has 1 atom stereocenters. The largest absolute Gasteiger partial charge is 0.496 e. The van der Waals surface area contributed by atoms with Crippen molar-refractivity contribution in [1.29, 1.82) is 0 Å². The molecule has 3 rings (SSSR count). The van der Waals surface area contributed by atoms with E-state index in [1.807, 2.05) is 18.2 Å². The highest BCUT2D eigenvalue weighted by atomic mass is 16.5. The van der Waals surface area contributed by atoms with E-state index in [-0.39, 0.29) is 11.9 Å². The van der Waals surface area contributed by atoms with Gasteiger partial charge in [-0.2, -0.15) is 4.99 Å². The molecule has 0 fully saturated rings. The minimum absolute atomic E-state index is 0.0400. The lowest BCUT2D eigenvalue weighted by atomic mass is 10.00. The number of amides is 1. The monoisotopic (exact) mass is 232 g/mol. The van der Waals surface area contributed by atoms with Crippen molar-refractivity contribution in [2.45, 2.75) is 18.4 Å². The minimum Gasteiger partial charge on any atom is -0.496 e. The van der Waals surface area contributed by atoms with E-state index < -0.39 is 5.60 Å². The molecule has 1 aliphatic carbocycles. The Morgan fingerprint density at radius 1 is 1.47 bits per heavy atom. The molecular formula is C12H12N2O3. The van der Waals surface area contributed by atoms with Crippen LogP contribution in [0.2, 0.25) is 0 Å². The van der Waals surface area contributed by atoms with Crippen molar-refractivity contribution in [2.24, 2.45) is 10.7 Å². The fourth-order valence-corrected chi connectivity index (χ4v) is 2.52. The number of benzene rings is 1. The van der Waals surface area contributed by atoms with Crippen LogP contribution in [0.5, 0.6) is 5.75 Å². The van der Waals surface area contributed by atoms with E-state index in [0.717, 1.165) is 16.9 Å². The predicted octanol–water partition coefficient (Wildman–Crippen LogP) is 0.404. The Bertz CT molecular complexity index is 539. The number of methoxy groups -OCH3 is 1. The van der Waals surface area contributed by atoms with Crippen LogP contribution in [0, 0.1) is 0 Å². The van der Waals surface area contributed by atoms with Gasteiger partial charge in [0.1, 0.15) is 5.75 Å². The Labute approximate surface area is 98.2 Å². The van der Waals surface area contributed by atoms with Crippen molar-refractivity contribution in [1.82, 2.24) is 0 Å². The van der Waals surface area contributed by atoms with E-state index in [1.165, 1.54) is 0 Å². The van der Waals surface area contributed by atoms with Gasteiger partial charge in [0.25, 0.3) is 11.9 Å². The van der Waals surface area contributed by atoms with E-state index in [2.05, 4.69) is 4.99 Å². The third kappa shape index (κ3) is 1.32. The van der Waals surface area contributed by atoms with E-state index in [0.29, 0.717) is 12.8 Å². The molecule has 1 heterocycles. The van der Waals surface area contributed by atoms with Crippen LogP contribution in [-0.4, -0.2) is 24.6 Å². The quantitative estimate of drug-likeness (QED) is 0.760. The van der Waals surface area contributed by atoms with Crippen LogP contribution in [0.3, 0.4) is 0 Å². The molecule has 0 saturated heterocycles. The van der Waals surface area contributed by atoms with Crippen LogP contribution in [0.1, 0.15) is 11.1 Å². The Kier molecular flexibility index (Phi) is 1.92. The molecule has 1 amide bonds. The van der Waals surface area contributed by atoms with Crippen molar-refractivity contribution in [3.05, 3.63) is 29.3 Å². The molecule has 1 aromatic carbocycles. The first-order valence-electron chi connectivity index (χ1n) is 5.37. The number of nitrogens with two attached hydrogens (primary N) is 1. The number of aliphatic imine (C=N–C) groups is 1. The summed E-state index contributed by atoms with van der Waals surface area (Å²) in [7, 11) is 1.61. The van der Waals surface area contributed by atoms with Crippen LogP contribution in [0.4, 0.5) is 0 Å². The van der Waals surface area contributed by atoms with Gasteiger partial charge in [-0.1, -0.05) is 12.1 Å². The van der Waals surface area contributed by atoms with Gasteiger partial charge < -0.3 is 15.2 Å². The summed E-state index contributed by atoms with van der Waals surface area (Å²) >= 11 is 0. The van der Waals surface area contributed by atoms with Gasteiger partial charge in [0.15, 0.2) is 0 Å². The summed E-state index contributed by atoms with van der Waals surface area (Å²) in [6.45, 7) is 0. The number of carbonyl (C=O) groups excluding carboxylic acids is 1. The lowest BCUT2D eigenvalue weighted by Crippen LogP contribution is -2.39. The molecule has 1 unspecified atom stereocenters. The highest BCUT2D eigenvalue weighted by molar-refractivity contribution is 6.01. The normalized spacial score (nSPS) is 25.7. The SMILES string of the molecule is COc1cccc2c1CC1(C2)OC(N)=NC1=O. The van der Waals surface area contributed by atoms with E-state index in [1.54, 1.807) is 7.11 Å². The molecule has 88 valence electrons. The second kappa shape index (κ2) is 3.23. The average molecular weight is 232 g/mol. The Morgan fingerprint density at radius 3 is 2.94 bits per heavy atom. The zero-order valence-electron chi connectivity index (χ0n) is 9.40. The second-order valence-electron chi connectivity index (χ2n) is 4.30. The predicted molar refractivity (Wildman–Crippen MR) is 60.8 cm³/mol. The molecule has 0 saturated carbocycles. The van der Waals surface area contributed by atoms with Crippen molar-refractivity contribution in [2.75, 3.05) is 7.11 Å². The molecule has 2 aliphatic rings. The number of ether oxygens (including phenoxy) is 2. The molecule has 2 N–H and O–H groups in total. The summed E-state index contributed by atoms with van der Waals surface area (Å²) in [5.41, 5.74) is 6.60. The summed E-state index contributed by atoms with van der Waals surface area (Å²) in [6, 6.07) is 5.71. The van der Waals surface area contributed by atoms with Gasteiger partial charge >= 0.3 is 0 Å². The molecule has 0 aromatic heterocycles. The lowest BCUT2D eigenvalue weighted by Gasteiger charge is -2.19. The maximum absolute atomic E-state index is 11.8. The number of hydrogen-bond acceptors (Lipinski definition) is 4. The number of hydrogen-bond donors (Lipinski definition) is 1. The Hall–Kier alpha value is -2.04. The number of fused-ring (bicyclic) bond motifs is 1. The smallest absolute Gasteiger partial charge is 0.295 e. The molecular weight excluding hydrogens is 220 g/mol. The second-order valence-corrected chi connectivity index (χ2v) is 4.30. The summed E-state index contributed by atoms with van der Waals surface area (Å²) in [5.74, 6) is 0.481.